The molecule has 1 aliphatic heterocycles. The zero-order valence-corrected chi connectivity index (χ0v) is 15.9. The number of piperidine rings is 1. The summed E-state index contributed by atoms with van der Waals surface area (Å²) in [5, 5.41) is 10.8. The van der Waals surface area contributed by atoms with Gasteiger partial charge < -0.3 is 15.0 Å². The van der Waals surface area contributed by atoms with Crippen molar-refractivity contribution in [1.29, 1.82) is 0 Å². The van der Waals surface area contributed by atoms with Gasteiger partial charge in [-0.2, -0.15) is 0 Å². The fourth-order valence-electron chi connectivity index (χ4n) is 4.12. The third kappa shape index (κ3) is 3.53. The zero-order chi connectivity index (χ0) is 20.4. The molecule has 1 aromatic heterocycles. The fourth-order valence-corrected chi connectivity index (χ4v) is 4.12. The van der Waals surface area contributed by atoms with Crippen molar-refractivity contribution in [1.82, 2.24) is 9.88 Å². The molecule has 1 aliphatic rings. The van der Waals surface area contributed by atoms with E-state index >= 15 is 0 Å². The minimum Gasteiger partial charge on any atom is -0.481 e. The molecule has 4 rings (SSSR count). The Morgan fingerprint density at radius 2 is 1.66 bits per heavy atom. The number of fused-ring (bicyclic) bond motifs is 1. The van der Waals surface area contributed by atoms with Crippen molar-refractivity contribution in [2.24, 2.45) is 0 Å². The second-order valence-corrected chi connectivity index (χ2v) is 7.52. The third-order valence-electron chi connectivity index (χ3n) is 5.88. The molecule has 0 unspecified atom stereocenters. The summed E-state index contributed by atoms with van der Waals surface area (Å²) in [6.07, 6.45) is 0.712. The molecule has 1 saturated heterocycles. The normalized spacial score (nSPS) is 15.9. The number of hydrogen-bond acceptors (Lipinski definition) is 3. The van der Waals surface area contributed by atoms with Gasteiger partial charge in [-0.15, -0.1) is 0 Å². The van der Waals surface area contributed by atoms with E-state index in [1.54, 1.807) is 11.0 Å². The van der Waals surface area contributed by atoms with Crippen LogP contribution in [0.3, 0.4) is 0 Å². The molecule has 2 heterocycles. The highest BCUT2D eigenvalue weighted by Gasteiger charge is 2.43. The van der Waals surface area contributed by atoms with Crippen LogP contribution in [0, 0.1) is 0 Å². The minimum absolute atomic E-state index is 0.00553. The smallest absolute Gasteiger partial charge is 0.314 e. The summed E-state index contributed by atoms with van der Waals surface area (Å²) in [5.41, 5.74) is 0.690. The van der Waals surface area contributed by atoms with Crippen LogP contribution in [0.4, 0.5) is 0 Å². The summed E-state index contributed by atoms with van der Waals surface area (Å²) in [6, 6.07) is 18.4. The monoisotopic (exact) mass is 390 g/mol. The maximum absolute atomic E-state index is 12.8. The Labute approximate surface area is 167 Å². The Bertz CT molecular complexity index is 1110. The van der Waals surface area contributed by atoms with Gasteiger partial charge in [-0.25, -0.2) is 0 Å². The van der Waals surface area contributed by atoms with Gasteiger partial charge in [0.15, 0.2) is 0 Å². The van der Waals surface area contributed by atoms with E-state index in [-0.39, 0.29) is 17.9 Å². The number of aromatic nitrogens is 1. The van der Waals surface area contributed by atoms with Gasteiger partial charge in [0.25, 0.3) is 5.56 Å². The van der Waals surface area contributed by atoms with Crippen molar-refractivity contribution in [3.8, 4) is 0 Å². The average Bonchev–Trinajstić information content (AvgIpc) is 2.74. The van der Waals surface area contributed by atoms with E-state index in [1.807, 2.05) is 54.6 Å². The number of H-pyrrole nitrogens is 1. The maximum atomic E-state index is 12.8. The molecule has 0 atom stereocenters. The van der Waals surface area contributed by atoms with Gasteiger partial charge in [0.2, 0.25) is 5.91 Å². The lowest BCUT2D eigenvalue weighted by Gasteiger charge is -2.39. The van der Waals surface area contributed by atoms with E-state index in [4.69, 9.17) is 0 Å². The number of amides is 1. The van der Waals surface area contributed by atoms with Gasteiger partial charge in [0.05, 0.1) is 11.8 Å². The van der Waals surface area contributed by atoms with Crippen molar-refractivity contribution in [2.45, 2.75) is 24.7 Å². The Balaban J connectivity index is 1.50. The van der Waals surface area contributed by atoms with Crippen LogP contribution in [0.25, 0.3) is 10.9 Å². The van der Waals surface area contributed by atoms with Gasteiger partial charge >= 0.3 is 5.97 Å². The van der Waals surface area contributed by atoms with Crippen LogP contribution in [0.15, 0.2) is 65.5 Å². The van der Waals surface area contributed by atoms with Gasteiger partial charge in [-0.05, 0) is 35.9 Å². The Hall–Kier alpha value is -3.41. The number of benzene rings is 2. The van der Waals surface area contributed by atoms with E-state index in [0.717, 1.165) is 16.5 Å². The van der Waals surface area contributed by atoms with Gasteiger partial charge in [-0.1, -0.05) is 48.5 Å². The largest absolute Gasteiger partial charge is 0.481 e. The highest BCUT2D eigenvalue weighted by atomic mass is 16.4. The molecule has 0 bridgehead atoms. The fraction of sp³-hybridized carbons (Fsp3) is 0.261. The van der Waals surface area contributed by atoms with Gasteiger partial charge in [0.1, 0.15) is 0 Å². The number of hydrogen-bond donors (Lipinski definition) is 2. The minimum atomic E-state index is -0.974. The number of carboxylic acids is 1. The molecule has 148 valence electrons. The van der Waals surface area contributed by atoms with Crippen LogP contribution >= 0.6 is 0 Å². The molecule has 2 aromatic carbocycles. The van der Waals surface area contributed by atoms with Crippen molar-refractivity contribution in [3.05, 3.63) is 82.1 Å². The molecule has 0 saturated carbocycles. The van der Waals surface area contributed by atoms with Gasteiger partial charge in [0, 0.05) is 24.2 Å². The maximum Gasteiger partial charge on any atom is 0.314 e. The number of para-hydroxylation sites is 1. The molecule has 1 fully saturated rings. The lowest BCUT2D eigenvalue weighted by Crippen LogP contribution is -2.49. The van der Waals surface area contributed by atoms with Crippen molar-refractivity contribution in [2.75, 3.05) is 13.1 Å². The topological polar surface area (TPSA) is 90.5 Å². The summed E-state index contributed by atoms with van der Waals surface area (Å²) in [7, 11) is 0. The first-order valence-corrected chi connectivity index (χ1v) is 9.67. The summed E-state index contributed by atoms with van der Waals surface area (Å²) in [6.45, 7) is 0.705. The molecule has 0 radical (unpaired) electrons. The average molecular weight is 390 g/mol. The number of carbonyl (C=O) groups is 2. The standard InChI is InChI=1S/C23H22N2O4/c26-20(15-17-14-16-6-4-5-9-19(16)24-21(17)27)25-12-10-23(11-13-25,22(28)29)18-7-2-1-3-8-18/h1-9,14H,10-13,15H2,(H,24,27)(H,28,29). The quantitative estimate of drug-likeness (QED) is 0.717. The first kappa shape index (κ1) is 18.9. The number of aliphatic carboxylic acids is 1. The predicted molar refractivity (Wildman–Crippen MR) is 110 cm³/mol. The van der Waals surface area contributed by atoms with Gasteiger partial charge in [-0.3, -0.25) is 14.4 Å². The number of nitrogens with zero attached hydrogens (tertiary/aromatic N) is 1. The van der Waals surface area contributed by atoms with Crippen LogP contribution in [-0.2, 0) is 21.4 Å². The Kier molecular flexibility index (Phi) is 4.92. The highest BCUT2D eigenvalue weighted by molar-refractivity contribution is 5.84. The lowest BCUT2D eigenvalue weighted by molar-refractivity contribution is -0.148. The molecule has 2 N–H and O–H groups in total. The number of carboxylic acid groups (broad SMARTS) is 1. The van der Waals surface area contributed by atoms with E-state index < -0.39 is 11.4 Å². The summed E-state index contributed by atoms with van der Waals surface area (Å²) >= 11 is 0. The first-order chi connectivity index (χ1) is 14.0. The van der Waals surface area contributed by atoms with Crippen LogP contribution in [0.1, 0.15) is 24.0 Å². The second kappa shape index (κ2) is 7.54. The second-order valence-electron chi connectivity index (χ2n) is 7.52. The molecular formula is C23H22N2O4. The summed E-state index contributed by atoms with van der Waals surface area (Å²) in [5.74, 6) is -1.01. The summed E-state index contributed by atoms with van der Waals surface area (Å²) < 4.78 is 0. The van der Waals surface area contributed by atoms with Crippen LogP contribution < -0.4 is 5.56 Å². The van der Waals surface area contributed by atoms with E-state index in [0.29, 0.717) is 31.5 Å². The van der Waals surface area contributed by atoms with Crippen LogP contribution in [0.2, 0.25) is 0 Å². The Morgan fingerprint density at radius 3 is 2.34 bits per heavy atom. The molecule has 3 aromatic rings. The Morgan fingerprint density at radius 1 is 1.00 bits per heavy atom. The number of likely N-dealkylation sites (tertiary alicyclic amines) is 1. The summed E-state index contributed by atoms with van der Waals surface area (Å²) in [4.78, 5) is 41.7. The number of aromatic amines is 1. The number of carbonyl (C=O) groups excluding carboxylic acids is 1. The molecule has 0 spiro atoms. The van der Waals surface area contributed by atoms with Crippen molar-refractivity contribution in [3.63, 3.8) is 0 Å². The molecule has 6 heteroatoms. The number of nitrogens with one attached hydrogen (secondary N) is 1. The van der Waals surface area contributed by atoms with E-state index in [2.05, 4.69) is 4.98 Å². The zero-order valence-electron chi connectivity index (χ0n) is 15.9. The molecule has 6 nitrogen and oxygen atoms in total. The van der Waals surface area contributed by atoms with E-state index in [1.165, 1.54) is 0 Å². The lowest BCUT2D eigenvalue weighted by atomic mass is 9.73. The molecule has 29 heavy (non-hydrogen) atoms. The molecule has 1 amide bonds. The number of pyridine rings is 1. The molecular weight excluding hydrogens is 368 g/mol. The SMILES string of the molecule is O=C(Cc1cc2ccccc2[nH]c1=O)N1CCC(C(=O)O)(c2ccccc2)CC1. The van der Waals surface area contributed by atoms with Crippen molar-refractivity contribution < 1.29 is 14.7 Å². The third-order valence-corrected chi connectivity index (χ3v) is 5.88. The predicted octanol–water partition coefficient (Wildman–Crippen LogP) is 2.72. The molecule has 0 aliphatic carbocycles. The number of rotatable bonds is 4. The van der Waals surface area contributed by atoms with Crippen LogP contribution in [0.5, 0.6) is 0 Å². The van der Waals surface area contributed by atoms with E-state index in [9.17, 15) is 19.5 Å². The first-order valence-electron chi connectivity index (χ1n) is 9.67. The van der Waals surface area contributed by atoms with Crippen LogP contribution in [-0.4, -0.2) is 40.0 Å². The van der Waals surface area contributed by atoms with Crippen molar-refractivity contribution >= 4 is 22.8 Å². The highest BCUT2D eigenvalue weighted by Crippen LogP contribution is 2.36.